The molecule has 0 aromatic heterocycles. The Bertz CT molecular complexity index is 615. The van der Waals surface area contributed by atoms with Crippen LogP contribution in [0.1, 0.15) is 0 Å². The van der Waals surface area contributed by atoms with Crippen LogP contribution in [-0.4, -0.2) is 24.9 Å². The second-order valence-electron chi connectivity index (χ2n) is 4.66. The van der Waals surface area contributed by atoms with E-state index in [1.54, 1.807) is 6.08 Å². The van der Waals surface area contributed by atoms with Crippen molar-refractivity contribution in [3.8, 4) is 11.5 Å². The predicted molar refractivity (Wildman–Crippen MR) is 98.3 cm³/mol. The van der Waals surface area contributed by atoms with Crippen LogP contribution < -0.4 is 20.1 Å². The molecule has 0 aliphatic carbocycles. The van der Waals surface area contributed by atoms with E-state index in [4.69, 9.17) is 21.7 Å². The van der Waals surface area contributed by atoms with Crippen LogP contribution in [0.5, 0.6) is 11.5 Å². The minimum Gasteiger partial charge on any atom is -0.490 e. The first kappa shape index (κ1) is 16.8. The van der Waals surface area contributed by atoms with Gasteiger partial charge in [-0.25, -0.2) is 0 Å². The molecule has 0 bridgehead atoms. The van der Waals surface area contributed by atoms with Crippen LogP contribution in [0.4, 0.5) is 5.69 Å². The summed E-state index contributed by atoms with van der Waals surface area (Å²) in [5.74, 6) is 1.63. The van der Waals surface area contributed by atoms with Crippen LogP contribution in [0.2, 0.25) is 0 Å². The van der Waals surface area contributed by atoms with Gasteiger partial charge in [0.15, 0.2) is 5.11 Å². The Morgan fingerprint density at radius 3 is 2.17 bits per heavy atom. The van der Waals surface area contributed by atoms with Crippen molar-refractivity contribution in [1.82, 2.24) is 5.32 Å². The Balaban J connectivity index is 1.70. The molecule has 4 nitrogen and oxygen atoms in total. The third-order valence-corrected chi connectivity index (χ3v) is 3.13. The van der Waals surface area contributed by atoms with Gasteiger partial charge in [0.05, 0.1) is 0 Å². The molecule has 0 fully saturated rings. The van der Waals surface area contributed by atoms with E-state index >= 15 is 0 Å². The summed E-state index contributed by atoms with van der Waals surface area (Å²) in [6, 6.07) is 17.3. The lowest BCUT2D eigenvalue weighted by Gasteiger charge is -2.11. The standard InChI is InChI=1S/C18H20N2O2S/c1-2-12-19-18(23)20-15-8-10-17(11-9-15)22-14-13-21-16-6-4-3-5-7-16/h2-11H,1,12-14H2,(H2,19,20,23). The lowest BCUT2D eigenvalue weighted by atomic mass is 10.3. The van der Waals surface area contributed by atoms with Gasteiger partial charge >= 0.3 is 0 Å². The summed E-state index contributed by atoms with van der Waals surface area (Å²) in [6.07, 6.45) is 1.75. The van der Waals surface area contributed by atoms with Gasteiger partial charge in [0.1, 0.15) is 24.7 Å². The number of thiocarbonyl (C=S) groups is 1. The predicted octanol–water partition coefficient (Wildman–Crippen LogP) is 3.62. The number of para-hydroxylation sites is 1. The molecule has 0 radical (unpaired) electrons. The zero-order chi connectivity index (χ0) is 16.3. The fourth-order valence-corrected chi connectivity index (χ4v) is 2.01. The normalized spacial score (nSPS) is 9.74. The van der Waals surface area contributed by atoms with Gasteiger partial charge in [-0.3, -0.25) is 0 Å². The summed E-state index contributed by atoms with van der Waals surface area (Å²) in [5, 5.41) is 6.66. The minimum absolute atomic E-state index is 0.487. The summed E-state index contributed by atoms with van der Waals surface area (Å²) < 4.78 is 11.2. The number of rotatable bonds is 8. The van der Waals surface area contributed by atoms with Crippen molar-refractivity contribution in [3.05, 3.63) is 67.3 Å². The van der Waals surface area contributed by atoms with E-state index in [1.807, 2.05) is 54.6 Å². The molecule has 0 heterocycles. The number of hydrogen-bond acceptors (Lipinski definition) is 3. The van der Waals surface area contributed by atoms with Gasteiger partial charge in [0, 0.05) is 12.2 Å². The van der Waals surface area contributed by atoms with E-state index in [9.17, 15) is 0 Å². The van der Waals surface area contributed by atoms with Crippen LogP contribution in [-0.2, 0) is 0 Å². The maximum absolute atomic E-state index is 5.64. The summed E-state index contributed by atoms with van der Waals surface area (Å²) >= 11 is 5.15. The quantitative estimate of drug-likeness (QED) is 0.440. The van der Waals surface area contributed by atoms with Crippen molar-refractivity contribution in [2.45, 2.75) is 0 Å². The molecular formula is C18H20N2O2S. The van der Waals surface area contributed by atoms with Gasteiger partial charge in [-0.1, -0.05) is 24.3 Å². The van der Waals surface area contributed by atoms with Crippen molar-refractivity contribution in [2.24, 2.45) is 0 Å². The molecule has 0 aliphatic heterocycles. The van der Waals surface area contributed by atoms with Crippen LogP contribution in [0, 0.1) is 0 Å². The molecule has 23 heavy (non-hydrogen) atoms. The Kier molecular flexibility index (Phi) is 6.94. The highest BCUT2D eigenvalue weighted by Gasteiger charge is 1.98. The lowest BCUT2D eigenvalue weighted by Crippen LogP contribution is -2.28. The maximum atomic E-state index is 5.64. The molecule has 5 heteroatoms. The van der Waals surface area contributed by atoms with Gasteiger partial charge in [-0.15, -0.1) is 6.58 Å². The van der Waals surface area contributed by atoms with E-state index in [0.717, 1.165) is 17.2 Å². The second kappa shape index (κ2) is 9.48. The molecule has 0 saturated carbocycles. The molecule has 0 atom stereocenters. The summed E-state index contributed by atoms with van der Waals surface area (Å²) in [6.45, 7) is 5.25. The van der Waals surface area contributed by atoms with Crippen LogP contribution in [0.25, 0.3) is 0 Å². The Morgan fingerprint density at radius 2 is 1.57 bits per heavy atom. The SMILES string of the molecule is C=CCNC(=S)Nc1ccc(OCCOc2ccccc2)cc1. The topological polar surface area (TPSA) is 42.5 Å². The van der Waals surface area contributed by atoms with E-state index in [2.05, 4.69) is 17.2 Å². The van der Waals surface area contributed by atoms with Gasteiger partial charge in [-0.05, 0) is 48.6 Å². The molecule has 0 saturated heterocycles. The highest BCUT2D eigenvalue weighted by Crippen LogP contribution is 2.15. The molecule has 0 aliphatic rings. The average molecular weight is 328 g/mol. The van der Waals surface area contributed by atoms with Crippen molar-refractivity contribution in [1.29, 1.82) is 0 Å². The van der Waals surface area contributed by atoms with Crippen LogP contribution in [0.3, 0.4) is 0 Å². The van der Waals surface area contributed by atoms with Crippen LogP contribution >= 0.6 is 12.2 Å². The van der Waals surface area contributed by atoms with E-state index in [-0.39, 0.29) is 0 Å². The van der Waals surface area contributed by atoms with E-state index < -0.39 is 0 Å². The highest BCUT2D eigenvalue weighted by molar-refractivity contribution is 7.80. The Hall–Kier alpha value is -2.53. The van der Waals surface area contributed by atoms with Gasteiger partial charge in [-0.2, -0.15) is 0 Å². The molecule has 0 amide bonds. The van der Waals surface area contributed by atoms with Gasteiger partial charge in [0.25, 0.3) is 0 Å². The Morgan fingerprint density at radius 1 is 0.957 bits per heavy atom. The number of nitrogens with one attached hydrogen (secondary N) is 2. The minimum atomic E-state index is 0.487. The van der Waals surface area contributed by atoms with Crippen molar-refractivity contribution in [2.75, 3.05) is 25.1 Å². The third kappa shape index (κ3) is 6.40. The van der Waals surface area contributed by atoms with Crippen molar-refractivity contribution < 1.29 is 9.47 Å². The average Bonchev–Trinajstić information content (AvgIpc) is 2.59. The zero-order valence-corrected chi connectivity index (χ0v) is 13.6. The summed E-state index contributed by atoms with van der Waals surface area (Å²) in [4.78, 5) is 0. The Labute approximate surface area is 142 Å². The molecule has 120 valence electrons. The molecule has 2 aromatic carbocycles. The first-order chi connectivity index (χ1) is 11.3. The van der Waals surface area contributed by atoms with Crippen molar-refractivity contribution in [3.63, 3.8) is 0 Å². The highest BCUT2D eigenvalue weighted by atomic mass is 32.1. The first-order valence-electron chi connectivity index (χ1n) is 7.34. The van der Waals surface area contributed by atoms with Crippen molar-refractivity contribution >= 4 is 23.0 Å². The fourth-order valence-electron chi connectivity index (χ4n) is 1.81. The van der Waals surface area contributed by atoms with Gasteiger partial charge < -0.3 is 20.1 Å². The number of ether oxygens (including phenoxy) is 2. The molecule has 2 rings (SSSR count). The van der Waals surface area contributed by atoms with E-state index in [1.165, 1.54) is 0 Å². The monoisotopic (exact) mass is 328 g/mol. The molecule has 2 aromatic rings. The number of anilines is 1. The molecule has 0 unspecified atom stereocenters. The molecule has 0 spiro atoms. The summed E-state index contributed by atoms with van der Waals surface area (Å²) in [5.41, 5.74) is 0.902. The van der Waals surface area contributed by atoms with Gasteiger partial charge in [0.2, 0.25) is 0 Å². The third-order valence-electron chi connectivity index (χ3n) is 2.88. The maximum Gasteiger partial charge on any atom is 0.171 e. The smallest absolute Gasteiger partial charge is 0.171 e. The summed E-state index contributed by atoms with van der Waals surface area (Å²) in [7, 11) is 0. The fraction of sp³-hybridized carbons (Fsp3) is 0.167. The first-order valence-corrected chi connectivity index (χ1v) is 7.75. The second-order valence-corrected chi connectivity index (χ2v) is 5.07. The largest absolute Gasteiger partial charge is 0.490 e. The molecule has 2 N–H and O–H groups in total. The number of benzene rings is 2. The van der Waals surface area contributed by atoms with Crippen LogP contribution in [0.15, 0.2) is 67.3 Å². The van der Waals surface area contributed by atoms with E-state index in [0.29, 0.717) is 24.9 Å². The lowest BCUT2D eigenvalue weighted by molar-refractivity contribution is 0.217. The zero-order valence-electron chi connectivity index (χ0n) is 12.8. The molecular weight excluding hydrogens is 308 g/mol. The number of hydrogen-bond donors (Lipinski definition) is 2.